The minimum Gasteiger partial charge on any atom is -0.379 e. The van der Waals surface area contributed by atoms with Gasteiger partial charge < -0.3 is 24.8 Å². The molecule has 0 unspecified atom stereocenters. The number of nitrogens with zero attached hydrogens (tertiary/aromatic N) is 6. The van der Waals surface area contributed by atoms with Gasteiger partial charge in [0, 0.05) is 58.3 Å². The number of fused-ring (bicyclic) bond motifs is 1. The number of morpholine rings is 1. The fourth-order valence-electron chi connectivity index (χ4n) is 4.90. The summed E-state index contributed by atoms with van der Waals surface area (Å²) in [6.07, 6.45) is 6.42. The summed E-state index contributed by atoms with van der Waals surface area (Å²) in [5.74, 6) is 1.93. The first-order valence-electron chi connectivity index (χ1n) is 11.6. The molecular weight excluding hydrogens is 396 g/mol. The number of imidazole rings is 1. The molecule has 31 heavy (non-hydrogen) atoms. The highest BCUT2D eigenvalue weighted by molar-refractivity contribution is 5.84. The van der Waals surface area contributed by atoms with Gasteiger partial charge in [0.1, 0.15) is 11.8 Å². The normalized spacial score (nSPS) is 21.4. The summed E-state index contributed by atoms with van der Waals surface area (Å²) in [5.41, 5.74) is 1.54. The minimum absolute atomic E-state index is 0.278. The lowest BCUT2D eigenvalue weighted by molar-refractivity contribution is -0.127. The van der Waals surface area contributed by atoms with E-state index in [4.69, 9.17) is 9.72 Å². The van der Waals surface area contributed by atoms with Crippen molar-refractivity contribution in [2.24, 2.45) is 0 Å². The number of ether oxygens (including phenoxy) is 1. The summed E-state index contributed by atoms with van der Waals surface area (Å²) >= 11 is 0. The Labute approximate surface area is 182 Å². The molecule has 3 aliphatic rings. The Bertz CT molecular complexity index is 889. The van der Waals surface area contributed by atoms with Crippen molar-refractivity contribution in [2.45, 2.75) is 38.1 Å². The first kappa shape index (κ1) is 20.4. The summed E-state index contributed by atoms with van der Waals surface area (Å²) in [4.78, 5) is 35.5. The van der Waals surface area contributed by atoms with E-state index in [2.05, 4.69) is 30.1 Å². The maximum Gasteiger partial charge on any atom is 0.222 e. The number of H-pyrrole nitrogens is 1. The van der Waals surface area contributed by atoms with E-state index in [1.54, 1.807) is 6.33 Å². The molecular formula is C21H32N8O2. The third kappa shape index (κ3) is 4.59. The van der Waals surface area contributed by atoms with Crippen LogP contribution in [-0.2, 0) is 9.53 Å². The molecule has 2 aromatic heterocycles. The molecule has 3 aliphatic heterocycles. The highest BCUT2D eigenvalue weighted by Gasteiger charge is 2.27. The van der Waals surface area contributed by atoms with Crippen LogP contribution in [0.1, 0.15) is 32.1 Å². The van der Waals surface area contributed by atoms with Gasteiger partial charge in [-0.1, -0.05) is 0 Å². The number of amides is 1. The Morgan fingerprint density at radius 2 is 1.97 bits per heavy atom. The predicted octanol–water partition coefficient (Wildman–Crippen LogP) is 1.08. The second-order valence-electron chi connectivity index (χ2n) is 8.61. The zero-order chi connectivity index (χ0) is 21.0. The number of anilines is 2. The summed E-state index contributed by atoms with van der Waals surface area (Å²) in [6.45, 7) is 8.23. The van der Waals surface area contributed by atoms with Gasteiger partial charge in [-0.05, 0) is 25.7 Å². The van der Waals surface area contributed by atoms with Gasteiger partial charge in [0.05, 0.1) is 13.2 Å². The van der Waals surface area contributed by atoms with Crippen LogP contribution < -0.4 is 10.2 Å². The van der Waals surface area contributed by atoms with E-state index < -0.39 is 0 Å². The van der Waals surface area contributed by atoms with Crippen LogP contribution in [0.5, 0.6) is 0 Å². The molecule has 0 aliphatic carbocycles. The lowest BCUT2D eigenvalue weighted by atomic mass is 10.0. The highest BCUT2D eigenvalue weighted by Crippen LogP contribution is 2.25. The fraction of sp³-hybridized carbons (Fsp3) is 0.714. The number of piperidine rings is 1. The molecule has 0 radical (unpaired) electrons. The Balaban J connectivity index is 1.17. The van der Waals surface area contributed by atoms with Crippen molar-refractivity contribution in [3.05, 3.63) is 6.33 Å². The summed E-state index contributed by atoms with van der Waals surface area (Å²) in [6, 6.07) is 0.643. The first-order chi connectivity index (χ1) is 15.3. The average molecular weight is 429 g/mol. The van der Waals surface area contributed by atoms with E-state index in [1.807, 2.05) is 4.90 Å². The van der Waals surface area contributed by atoms with E-state index in [9.17, 15) is 4.79 Å². The van der Waals surface area contributed by atoms with Crippen molar-refractivity contribution < 1.29 is 9.53 Å². The molecule has 168 valence electrons. The van der Waals surface area contributed by atoms with E-state index in [-0.39, 0.29) is 5.91 Å². The number of rotatable bonds is 7. The molecule has 5 heterocycles. The Morgan fingerprint density at radius 1 is 1.13 bits per heavy atom. The van der Waals surface area contributed by atoms with Crippen molar-refractivity contribution >= 4 is 28.8 Å². The van der Waals surface area contributed by atoms with Gasteiger partial charge in [0.25, 0.3) is 0 Å². The summed E-state index contributed by atoms with van der Waals surface area (Å²) in [5, 5.41) is 3.40. The smallest absolute Gasteiger partial charge is 0.222 e. The average Bonchev–Trinajstić information content (AvgIpc) is 3.44. The van der Waals surface area contributed by atoms with Crippen LogP contribution in [0, 0.1) is 0 Å². The molecule has 2 aromatic rings. The Kier molecular flexibility index (Phi) is 6.17. The van der Waals surface area contributed by atoms with Crippen LogP contribution >= 0.6 is 0 Å². The van der Waals surface area contributed by atoms with Crippen molar-refractivity contribution in [1.82, 2.24) is 29.7 Å². The largest absolute Gasteiger partial charge is 0.379 e. The number of likely N-dealkylation sites (tertiary alicyclic amines) is 1. The quantitative estimate of drug-likeness (QED) is 0.632. The number of hydrogen-bond acceptors (Lipinski definition) is 8. The van der Waals surface area contributed by atoms with Gasteiger partial charge in [-0.3, -0.25) is 9.69 Å². The van der Waals surface area contributed by atoms with Crippen molar-refractivity contribution in [3.63, 3.8) is 0 Å². The van der Waals surface area contributed by atoms with Gasteiger partial charge in [-0.25, -0.2) is 9.97 Å². The van der Waals surface area contributed by atoms with E-state index in [1.165, 1.54) is 0 Å². The highest BCUT2D eigenvalue weighted by atomic mass is 16.5. The second-order valence-corrected chi connectivity index (χ2v) is 8.61. The summed E-state index contributed by atoms with van der Waals surface area (Å²) < 4.78 is 5.49. The van der Waals surface area contributed by atoms with E-state index >= 15 is 0 Å². The Hall–Kier alpha value is -2.46. The molecule has 0 saturated carbocycles. The molecule has 2 N–H and O–H groups in total. The molecule has 3 fully saturated rings. The van der Waals surface area contributed by atoms with Gasteiger partial charge in [0.2, 0.25) is 11.9 Å². The predicted molar refractivity (Wildman–Crippen MR) is 118 cm³/mol. The molecule has 10 nitrogen and oxygen atoms in total. The maximum atomic E-state index is 11.7. The van der Waals surface area contributed by atoms with Crippen molar-refractivity contribution in [1.29, 1.82) is 0 Å². The van der Waals surface area contributed by atoms with Crippen LogP contribution in [0.3, 0.4) is 0 Å². The number of carbonyl (C=O) groups excluding carboxylic acids is 1. The van der Waals surface area contributed by atoms with Gasteiger partial charge in [-0.15, -0.1) is 0 Å². The van der Waals surface area contributed by atoms with Crippen LogP contribution in [0.15, 0.2) is 6.33 Å². The Morgan fingerprint density at radius 3 is 2.74 bits per heavy atom. The first-order valence-corrected chi connectivity index (χ1v) is 11.6. The van der Waals surface area contributed by atoms with Crippen molar-refractivity contribution in [3.8, 4) is 0 Å². The third-order valence-electron chi connectivity index (χ3n) is 6.67. The second kappa shape index (κ2) is 9.35. The van der Waals surface area contributed by atoms with Crippen LogP contribution in [0.4, 0.5) is 11.8 Å². The topological polar surface area (TPSA) is 103 Å². The van der Waals surface area contributed by atoms with Gasteiger partial charge in [0.15, 0.2) is 11.5 Å². The zero-order valence-corrected chi connectivity index (χ0v) is 18.1. The van der Waals surface area contributed by atoms with Crippen LogP contribution in [0.2, 0.25) is 0 Å². The molecule has 0 spiro atoms. The summed E-state index contributed by atoms with van der Waals surface area (Å²) in [7, 11) is 0. The van der Waals surface area contributed by atoms with Crippen LogP contribution in [-0.4, -0.2) is 101 Å². The lowest BCUT2D eigenvalue weighted by Crippen LogP contribution is -2.49. The molecule has 10 heteroatoms. The number of carbonyl (C=O) groups is 1. The third-order valence-corrected chi connectivity index (χ3v) is 6.67. The minimum atomic E-state index is 0.278. The van der Waals surface area contributed by atoms with Gasteiger partial charge in [-0.2, -0.15) is 4.98 Å². The van der Waals surface area contributed by atoms with E-state index in [0.29, 0.717) is 18.1 Å². The monoisotopic (exact) mass is 428 g/mol. The fourth-order valence-corrected chi connectivity index (χ4v) is 4.90. The number of aromatic nitrogens is 4. The van der Waals surface area contributed by atoms with Crippen LogP contribution in [0.25, 0.3) is 11.2 Å². The van der Waals surface area contributed by atoms with Gasteiger partial charge >= 0.3 is 0 Å². The standard InChI is InChI=1S/C21H32N8O2/c30-17-3-1-7-28(17)8-2-6-22-19-18-20(24-15-23-19)26-21(25-18)29-9-4-16(5-10-29)27-11-13-31-14-12-27/h15-16H,1-14H2,(H2,22,23,24,25,26). The number of nitrogens with one attached hydrogen (secondary N) is 2. The SMILES string of the molecule is O=C1CCCN1CCCNc1ncnc2nc(N3CCC(N4CCOCC4)CC3)[nH]c12. The van der Waals surface area contributed by atoms with E-state index in [0.717, 1.165) is 102 Å². The molecule has 5 rings (SSSR count). The molecule has 0 aromatic carbocycles. The maximum absolute atomic E-state index is 11.7. The zero-order valence-electron chi connectivity index (χ0n) is 18.1. The number of aromatic amines is 1. The lowest BCUT2D eigenvalue weighted by Gasteiger charge is -2.40. The number of hydrogen-bond donors (Lipinski definition) is 2. The molecule has 0 bridgehead atoms. The molecule has 3 saturated heterocycles. The molecule has 1 amide bonds. The van der Waals surface area contributed by atoms with Crippen molar-refractivity contribution in [2.75, 3.05) is 69.2 Å². The molecule has 0 atom stereocenters.